The lowest BCUT2D eigenvalue weighted by atomic mass is 10.3. The number of amides is 1. The topological polar surface area (TPSA) is 125 Å². The number of carbonyl (C=O) groups is 1. The molecule has 0 fully saturated rings. The number of tetrazole rings is 1. The first-order valence-electron chi connectivity index (χ1n) is 5.21. The van der Waals surface area contributed by atoms with E-state index < -0.39 is 0 Å². The van der Waals surface area contributed by atoms with Gasteiger partial charge in [-0.2, -0.15) is 5.21 Å². The molecule has 9 nitrogen and oxygen atoms in total. The molecule has 0 aliphatic rings. The summed E-state index contributed by atoms with van der Waals surface area (Å²) in [7, 11) is 0. The molecule has 2 heterocycles. The number of H-pyrrole nitrogens is 2. The summed E-state index contributed by atoms with van der Waals surface area (Å²) in [6, 6.07) is 0. The maximum absolute atomic E-state index is 11.6. The highest BCUT2D eigenvalue weighted by Gasteiger charge is 2.12. The van der Waals surface area contributed by atoms with Crippen molar-refractivity contribution >= 4 is 5.91 Å². The van der Waals surface area contributed by atoms with Crippen molar-refractivity contribution in [3.63, 3.8) is 0 Å². The van der Waals surface area contributed by atoms with Crippen LogP contribution in [0.1, 0.15) is 35.6 Å². The first-order chi connectivity index (χ1) is 8.29. The van der Waals surface area contributed by atoms with Crippen molar-refractivity contribution in [2.45, 2.75) is 26.3 Å². The first kappa shape index (κ1) is 11.2. The summed E-state index contributed by atoms with van der Waals surface area (Å²) in [6.45, 7) is 2.21. The third-order valence-electron chi connectivity index (χ3n) is 2.02. The van der Waals surface area contributed by atoms with E-state index in [2.05, 4.69) is 41.1 Å². The quantitative estimate of drug-likeness (QED) is 0.624. The largest absolute Gasteiger partial charge is 0.342 e. The lowest BCUT2D eigenvalue weighted by Crippen LogP contribution is -2.24. The Hall–Kier alpha value is -2.32. The van der Waals surface area contributed by atoms with Gasteiger partial charge in [-0.3, -0.25) is 9.89 Å². The maximum Gasteiger partial charge on any atom is 0.291 e. The lowest BCUT2D eigenvalue weighted by molar-refractivity contribution is 0.0940. The lowest BCUT2D eigenvalue weighted by Gasteiger charge is -1.96. The van der Waals surface area contributed by atoms with Crippen molar-refractivity contribution in [2.75, 3.05) is 0 Å². The van der Waals surface area contributed by atoms with Gasteiger partial charge >= 0.3 is 0 Å². The van der Waals surface area contributed by atoms with Crippen LogP contribution in [0.5, 0.6) is 0 Å². The van der Waals surface area contributed by atoms with E-state index in [9.17, 15) is 4.79 Å². The molecule has 0 unspecified atom stereocenters. The minimum atomic E-state index is -0.367. The van der Waals surface area contributed by atoms with Gasteiger partial charge in [0.1, 0.15) is 5.82 Å². The zero-order valence-electron chi connectivity index (χ0n) is 9.27. The molecule has 0 aromatic carbocycles. The van der Waals surface area contributed by atoms with Gasteiger partial charge < -0.3 is 5.32 Å². The Bertz CT molecular complexity index is 475. The van der Waals surface area contributed by atoms with Crippen LogP contribution >= 0.6 is 0 Å². The highest BCUT2D eigenvalue weighted by atomic mass is 16.2. The van der Waals surface area contributed by atoms with Crippen molar-refractivity contribution in [3.05, 3.63) is 17.5 Å². The van der Waals surface area contributed by atoms with Gasteiger partial charge in [-0.25, -0.2) is 4.98 Å². The van der Waals surface area contributed by atoms with Gasteiger partial charge in [0.25, 0.3) is 5.91 Å². The highest BCUT2D eigenvalue weighted by Crippen LogP contribution is 1.96. The Labute approximate surface area is 96.4 Å². The molecule has 2 rings (SSSR count). The van der Waals surface area contributed by atoms with Crippen LogP contribution in [0.2, 0.25) is 0 Å². The number of aryl methyl sites for hydroxylation is 1. The van der Waals surface area contributed by atoms with E-state index in [4.69, 9.17) is 0 Å². The van der Waals surface area contributed by atoms with Gasteiger partial charge in [0.15, 0.2) is 5.82 Å². The predicted molar refractivity (Wildman–Crippen MR) is 55.7 cm³/mol. The van der Waals surface area contributed by atoms with Crippen LogP contribution in [-0.2, 0) is 13.0 Å². The fourth-order valence-corrected chi connectivity index (χ4v) is 1.24. The number of aromatic nitrogens is 7. The Balaban J connectivity index is 1.90. The fraction of sp³-hybridized carbons (Fsp3) is 0.500. The summed E-state index contributed by atoms with van der Waals surface area (Å²) in [5.41, 5.74) is 0. The molecule has 0 bridgehead atoms. The molecule has 0 spiro atoms. The van der Waals surface area contributed by atoms with Crippen LogP contribution in [0.15, 0.2) is 0 Å². The molecule has 3 N–H and O–H groups in total. The molecule has 17 heavy (non-hydrogen) atoms. The van der Waals surface area contributed by atoms with Crippen LogP contribution in [0.3, 0.4) is 0 Å². The number of hydrogen-bond acceptors (Lipinski definition) is 6. The number of aromatic amines is 2. The Morgan fingerprint density at radius 2 is 2.29 bits per heavy atom. The molecule has 0 aliphatic carbocycles. The second-order valence-corrected chi connectivity index (χ2v) is 3.37. The summed E-state index contributed by atoms with van der Waals surface area (Å²) in [6.07, 6.45) is 1.71. The van der Waals surface area contributed by atoms with E-state index in [1.54, 1.807) is 0 Å². The molecule has 0 saturated heterocycles. The maximum atomic E-state index is 11.6. The van der Waals surface area contributed by atoms with E-state index >= 15 is 0 Å². The second-order valence-electron chi connectivity index (χ2n) is 3.37. The van der Waals surface area contributed by atoms with E-state index in [1.807, 2.05) is 6.92 Å². The highest BCUT2D eigenvalue weighted by molar-refractivity contribution is 5.90. The second kappa shape index (κ2) is 5.14. The average Bonchev–Trinajstić information content (AvgIpc) is 2.97. The minimum Gasteiger partial charge on any atom is -0.342 e. The SMILES string of the molecule is CCCc1nc(C(=O)NCc2nn[nH]n2)n[nH]1. The molecule has 0 atom stereocenters. The molecule has 2 aromatic rings. The molecule has 9 heteroatoms. The standard InChI is InChI=1S/C8H12N8O/c1-2-3-5-10-7(14-11-5)8(17)9-4-6-12-15-16-13-6/h2-4H2,1H3,(H,9,17)(H,10,11,14)(H,12,13,15,16). The van der Waals surface area contributed by atoms with Crippen LogP contribution in [0.4, 0.5) is 0 Å². The zero-order chi connectivity index (χ0) is 12.1. The molecule has 90 valence electrons. The number of nitrogens with one attached hydrogen (secondary N) is 3. The van der Waals surface area contributed by atoms with Crippen molar-refractivity contribution in [2.24, 2.45) is 0 Å². The monoisotopic (exact) mass is 236 g/mol. The van der Waals surface area contributed by atoms with Crippen molar-refractivity contribution in [3.8, 4) is 0 Å². The van der Waals surface area contributed by atoms with E-state index in [1.165, 1.54) is 0 Å². The molecule has 0 radical (unpaired) electrons. The molecule has 0 aliphatic heterocycles. The van der Waals surface area contributed by atoms with Crippen LogP contribution in [0.25, 0.3) is 0 Å². The predicted octanol–water partition coefficient (Wildman–Crippen LogP) is -0.800. The first-order valence-corrected chi connectivity index (χ1v) is 5.21. The van der Waals surface area contributed by atoms with Crippen molar-refractivity contribution < 1.29 is 4.79 Å². The molecule has 2 aromatic heterocycles. The molecular formula is C8H12N8O. The average molecular weight is 236 g/mol. The Morgan fingerprint density at radius 3 is 3.00 bits per heavy atom. The van der Waals surface area contributed by atoms with Gasteiger partial charge in [-0.1, -0.05) is 12.1 Å². The number of nitrogens with zero attached hydrogens (tertiary/aromatic N) is 5. The Morgan fingerprint density at radius 1 is 1.41 bits per heavy atom. The van der Waals surface area contributed by atoms with E-state index in [0.717, 1.165) is 12.8 Å². The third-order valence-corrected chi connectivity index (χ3v) is 2.02. The summed E-state index contributed by atoms with van der Waals surface area (Å²) in [5, 5.41) is 22.2. The fourth-order valence-electron chi connectivity index (χ4n) is 1.24. The number of hydrogen-bond donors (Lipinski definition) is 3. The normalized spacial score (nSPS) is 10.4. The van der Waals surface area contributed by atoms with Crippen molar-refractivity contribution in [1.82, 2.24) is 41.1 Å². The summed E-state index contributed by atoms with van der Waals surface area (Å²) in [4.78, 5) is 15.7. The molecule has 0 saturated carbocycles. The number of rotatable bonds is 5. The van der Waals surface area contributed by atoms with E-state index in [0.29, 0.717) is 11.6 Å². The van der Waals surface area contributed by atoms with Gasteiger partial charge in [0.05, 0.1) is 6.54 Å². The molecular weight excluding hydrogens is 224 g/mol. The van der Waals surface area contributed by atoms with Gasteiger partial charge in [-0.05, 0) is 6.42 Å². The summed E-state index contributed by atoms with van der Waals surface area (Å²) >= 11 is 0. The van der Waals surface area contributed by atoms with Gasteiger partial charge in [0.2, 0.25) is 5.82 Å². The van der Waals surface area contributed by atoms with E-state index in [-0.39, 0.29) is 18.3 Å². The Kier molecular flexibility index (Phi) is 3.38. The van der Waals surface area contributed by atoms with Crippen LogP contribution < -0.4 is 5.32 Å². The summed E-state index contributed by atoms with van der Waals surface area (Å²) in [5.74, 6) is 0.866. The third kappa shape index (κ3) is 2.83. The van der Waals surface area contributed by atoms with Crippen LogP contribution in [-0.4, -0.2) is 41.7 Å². The number of carbonyl (C=O) groups excluding carboxylic acids is 1. The van der Waals surface area contributed by atoms with Crippen molar-refractivity contribution in [1.29, 1.82) is 0 Å². The van der Waals surface area contributed by atoms with Crippen LogP contribution in [0, 0.1) is 0 Å². The minimum absolute atomic E-state index is 0.122. The molecule has 1 amide bonds. The van der Waals surface area contributed by atoms with Gasteiger partial charge in [0, 0.05) is 6.42 Å². The smallest absolute Gasteiger partial charge is 0.291 e. The zero-order valence-corrected chi connectivity index (χ0v) is 9.27. The van der Waals surface area contributed by atoms with Gasteiger partial charge in [-0.15, -0.1) is 15.3 Å². The summed E-state index contributed by atoms with van der Waals surface area (Å²) < 4.78 is 0.